The molecule has 0 N–H and O–H groups in total. The van der Waals surface area contributed by atoms with Crippen LogP contribution in [0.4, 0.5) is 4.39 Å². The zero-order valence-corrected chi connectivity index (χ0v) is 16.7. The van der Waals surface area contributed by atoms with E-state index in [1.54, 1.807) is 23.5 Å². The van der Waals surface area contributed by atoms with Crippen LogP contribution in [0.3, 0.4) is 0 Å². The van der Waals surface area contributed by atoms with Crippen LogP contribution in [0.15, 0.2) is 53.9 Å². The van der Waals surface area contributed by atoms with Crippen molar-refractivity contribution in [2.45, 2.75) is 33.0 Å². The molecule has 0 unspecified atom stereocenters. The van der Waals surface area contributed by atoms with E-state index in [1.165, 1.54) is 12.1 Å². The summed E-state index contributed by atoms with van der Waals surface area (Å²) in [5.74, 6) is -0.238. The van der Waals surface area contributed by atoms with Gasteiger partial charge in [-0.3, -0.25) is 0 Å². The zero-order chi connectivity index (χ0) is 19.3. The Morgan fingerprint density at radius 3 is 2.26 bits per heavy atom. The van der Waals surface area contributed by atoms with Gasteiger partial charge in [-0.1, -0.05) is 24.3 Å². The van der Waals surface area contributed by atoms with E-state index < -0.39 is 0 Å². The van der Waals surface area contributed by atoms with Crippen LogP contribution in [0.25, 0.3) is 21.8 Å². The summed E-state index contributed by atoms with van der Waals surface area (Å²) in [7, 11) is 0. The molecule has 0 amide bonds. The molecule has 0 radical (unpaired) electrons. The first kappa shape index (κ1) is 19.7. The van der Waals surface area contributed by atoms with Crippen molar-refractivity contribution in [3.05, 3.63) is 65.3 Å². The Hall–Kier alpha value is -2.08. The molecule has 0 fully saturated rings. The Labute approximate surface area is 163 Å². The molecule has 1 aromatic heterocycles. The number of nitrogens with zero attached hydrogens (tertiary/aromatic N) is 1. The Balaban J connectivity index is 1.55. The summed E-state index contributed by atoms with van der Waals surface area (Å²) in [6.45, 7) is 7.83. The number of hydrogen-bond donors (Lipinski definition) is 0. The maximum absolute atomic E-state index is 13.1. The predicted molar refractivity (Wildman–Crippen MR) is 108 cm³/mol. The molecular weight excluding hydrogens is 361 g/mol. The second-order valence-corrected chi connectivity index (χ2v) is 8.11. The smallest absolute Gasteiger partial charge is 0.124 e. The summed E-state index contributed by atoms with van der Waals surface area (Å²) in [6.07, 6.45) is 0. The number of aromatic nitrogens is 1. The molecule has 0 aliphatic carbocycles. The molecule has 5 heteroatoms. The fourth-order valence-electron chi connectivity index (χ4n) is 2.50. The average molecular weight is 386 g/mol. The predicted octanol–water partition coefficient (Wildman–Crippen LogP) is 5.95. The first-order valence-corrected chi connectivity index (χ1v) is 9.81. The highest BCUT2D eigenvalue weighted by Gasteiger charge is 2.09. The fourth-order valence-corrected chi connectivity index (χ4v) is 3.34. The van der Waals surface area contributed by atoms with Crippen molar-refractivity contribution < 1.29 is 13.9 Å². The number of rotatable bonds is 7. The maximum atomic E-state index is 13.1. The standard InChI is InChI=1S/C22H24FNO2S/c1-22(2,3)26-13-12-25-14-16-4-6-17(7-5-16)20-15-27-21(24-20)18-8-10-19(23)11-9-18/h4-11,15H,12-14H2,1-3H3. The van der Waals surface area contributed by atoms with Crippen molar-refractivity contribution in [3.8, 4) is 21.8 Å². The monoisotopic (exact) mass is 385 g/mol. The summed E-state index contributed by atoms with van der Waals surface area (Å²) in [6, 6.07) is 14.6. The second-order valence-electron chi connectivity index (χ2n) is 7.26. The van der Waals surface area contributed by atoms with Crippen LogP contribution in [0.2, 0.25) is 0 Å². The number of hydrogen-bond acceptors (Lipinski definition) is 4. The largest absolute Gasteiger partial charge is 0.374 e. The van der Waals surface area contributed by atoms with E-state index >= 15 is 0 Å². The number of halogens is 1. The van der Waals surface area contributed by atoms with Crippen LogP contribution >= 0.6 is 11.3 Å². The van der Waals surface area contributed by atoms with Crippen molar-refractivity contribution in [2.24, 2.45) is 0 Å². The van der Waals surface area contributed by atoms with Crippen LogP contribution in [-0.4, -0.2) is 23.8 Å². The molecular formula is C22H24FNO2S. The first-order chi connectivity index (χ1) is 12.9. The van der Waals surface area contributed by atoms with Gasteiger partial charge in [0.15, 0.2) is 0 Å². The molecule has 0 aliphatic rings. The highest BCUT2D eigenvalue weighted by Crippen LogP contribution is 2.29. The molecule has 2 aromatic carbocycles. The third kappa shape index (κ3) is 5.96. The van der Waals surface area contributed by atoms with E-state index in [0.717, 1.165) is 27.4 Å². The third-order valence-electron chi connectivity index (χ3n) is 3.88. The molecule has 3 aromatic rings. The molecule has 3 nitrogen and oxygen atoms in total. The van der Waals surface area contributed by atoms with Gasteiger partial charge in [0.2, 0.25) is 0 Å². The molecule has 0 atom stereocenters. The quantitative estimate of drug-likeness (QED) is 0.471. The Kier molecular flexibility index (Phi) is 6.37. The van der Waals surface area contributed by atoms with Gasteiger partial charge < -0.3 is 9.47 Å². The van der Waals surface area contributed by atoms with E-state index in [1.807, 2.05) is 38.3 Å². The van der Waals surface area contributed by atoms with Gasteiger partial charge >= 0.3 is 0 Å². The van der Waals surface area contributed by atoms with Gasteiger partial charge in [-0.2, -0.15) is 0 Å². The molecule has 27 heavy (non-hydrogen) atoms. The fraction of sp³-hybridized carbons (Fsp3) is 0.318. The average Bonchev–Trinajstić information content (AvgIpc) is 3.12. The lowest BCUT2D eigenvalue weighted by Crippen LogP contribution is -2.21. The summed E-state index contributed by atoms with van der Waals surface area (Å²) in [5.41, 5.74) is 3.88. The molecule has 0 aliphatic heterocycles. The van der Waals surface area contributed by atoms with E-state index in [9.17, 15) is 4.39 Å². The highest BCUT2D eigenvalue weighted by molar-refractivity contribution is 7.13. The van der Waals surface area contributed by atoms with Crippen LogP contribution in [0.5, 0.6) is 0 Å². The Bertz CT molecular complexity index is 851. The van der Waals surface area contributed by atoms with Crippen molar-refractivity contribution >= 4 is 11.3 Å². The van der Waals surface area contributed by atoms with Crippen LogP contribution in [0.1, 0.15) is 26.3 Å². The van der Waals surface area contributed by atoms with Crippen molar-refractivity contribution in [2.75, 3.05) is 13.2 Å². The lowest BCUT2D eigenvalue weighted by atomic mass is 10.1. The summed E-state index contributed by atoms with van der Waals surface area (Å²) >= 11 is 1.56. The molecule has 142 valence electrons. The van der Waals surface area contributed by atoms with Gasteiger partial charge in [0.1, 0.15) is 10.8 Å². The molecule has 0 saturated carbocycles. The minimum Gasteiger partial charge on any atom is -0.374 e. The summed E-state index contributed by atoms with van der Waals surface area (Å²) in [5, 5.41) is 2.91. The molecule has 3 rings (SSSR count). The molecule has 0 saturated heterocycles. The van der Waals surface area contributed by atoms with Gasteiger partial charge in [0.05, 0.1) is 31.1 Å². The van der Waals surface area contributed by atoms with E-state index in [4.69, 9.17) is 9.47 Å². The molecule has 0 bridgehead atoms. The van der Waals surface area contributed by atoms with E-state index in [-0.39, 0.29) is 11.4 Å². The van der Waals surface area contributed by atoms with Gasteiger partial charge in [-0.25, -0.2) is 9.37 Å². The molecule has 1 heterocycles. The van der Waals surface area contributed by atoms with E-state index in [2.05, 4.69) is 17.1 Å². The summed E-state index contributed by atoms with van der Waals surface area (Å²) < 4.78 is 24.4. The second kappa shape index (κ2) is 8.74. The molecule has 0 spiro atoms. The normalized spacial score (nSPS) is 11.7. The lowest BCUT2D eigenvalue weighted by molar-refractivity contribution is -0.0376. The minimum absolute atomic E-state index is 0.134. The van der Waals surface area contributed by atoms with Gasteiger partial charge in [0.25, 0.3) is 0 Å². The van der Waals surface area contributed by atoms with Crippen LogP contribution < -0.4 is 0 Å². The minimum atomic E-state index is -0.238. The van der Waals surface area contributed by atoms with Crippen LogP contribution in [-0.2, 0) is 16.1 Å². The number of benzene rings is 2. The number of ether oxygens (including phenoxy) is 2. The van der Waals surface area contributed by atoms with Crippen molar-refractivity contribution in [1.29, 1.82) is 0 Å². The Morgan fingerprint density at radius 2 is 1.59 bits per heavy atom. The maximum Gasteiger partial charge on any atom is 0.124 e. The third-order valence-corrected chi connectivity index (χ3v) is 4.77. The van der Waals surface area contributed by atoms with Gasteiger partial charge in [-0.15, -0.1) is 11.3 Å². The van der Waals surface area contributed by atoms with Gasteiger partial charge in [-0.05, 0) is 50.6 Å². The SMILES string of the molecule is CC(C)(C)OCCOCc1ccc(-c2csc(-c3ccc(F)cc3)n2)cc1. The summed E-state index contributed by atoms with van der Waals surface area (Å²) in [4.78, 5) is 4.67. The topological polar surface area (TPSA) is 31.4 Å². The van der Waals surface area contributed by atoms with E-state index in [0.29, 0.717) is 19.8 Å². The first-order valence-electron chi connectivity index (χ1n) is 8.93. The van der Waals surface area contributed by atoms with Crippen molar-refractivity contribution in [1.82, 2.24) is 4.98 Å². The zero-order valence-electron chi connectivity index (χ0n) is 15.9. The van der Waals surface area contributed by atoms with Crippen molar-refractivity contribution in [3.63, 3.8) is 0 Å². The Morgan fingerprint density at radius 1 is 0.926 bits per heavy atom. The lowest BCUT2D eigenvalue weighted by Gasteiger charge is -2.19. The highest BCUT2D eigenvalue weighted by atomic mass is 32.1. The van der Waals surface area contributed by atoms with Gasteiger partial charge in [0, 0.05) is 16.5 Å². The number of thiazole rings is 1. The van der Waals surface area contributed by atoms with Crippen LogP contribution in [0, 0.1) is 5.82 Å².